The van der Waals surface area contributed by atoms with Gasteiger partial charge in [0.15, 0.2) is 0 Å². The van der Waals surface area contributed by atoms with E-state index in [2.05, 4.69) is 39.0 Å². The third-order valence-electron chi connectivity index (χ3n) is 6.84. The molecule has 1 N–H and O–H groups in total. The molecule has 0 bridgehead atoms. The fraction of sp³-hybridized carbons (Fsp3) is 0.565. The Morgan fingerprint density at radius 3 is 2.64 bits per heavy atom. The average molecular weight is 379 g/mol. The van der Waals surface area contributed by atoms with Crippen LogP contribution in [-0.4, -0.2) is 52.0 Å². The minimum Gasteiger partial charge on any atom is -0.307 e. The van der Waals surface area contributed by atoms with Crippen LogP contribution in [0.4, 0.5) is 0 Å². The van der Waals surface area contributed by atoms with Gasteiger partial charge in [-0.2, -0.15) is 0 Å². The summed E-state index contributed by atoms with van der Waals surface area (Å²) in [5.74, 6) is 1.16. The molecule has 2 aliphatic heterocycles. The van der Waals surface area contributed by atoms with Crippen molar-refractivity contribution in [3.63, 3.8) is 0 Å². The molecule has 1 aromatic carbocycles. The van der Waals surface area contributed by atoms with E-state index in [0.29, 0.717) is 11.7 Å². The van der Waals surface area contributed by atoms with Gasteiger partial charge < -0.3 is 4.98 Å². The number of nitrogens with zero attached hydrogens (tertiary/aromatic N) is 3. The molecule has 5 nitrogen and oxygen atoms in total. The van der Waals surface area contributed by atoms with Crippen molar-refractivity contribution in [2.75, 3.05) is 26.2 Å². The molecule has 2 aromatic rings. The first-order chi connectivity index (χ1) is 13.7. The molecule has 0 unspecified atom stereocenters. The highest BCUT2D eigenvalue weighted by Crippen LogP contribution is 2.33. The molecule has 5 heteroatoms. The van der Waals surface area contributed by atoms with Gasteiger partial charge in [0.2, 0.25) is 0 Å². The van der Waals surface area contributed by atoms with Crippen molar-refractivity contribution in [2.45, 2.75) is 57.0 Å². The first-order valence-corrected chi connectivity index (χ1v) is 10.9. The van der Waals surface area contributed by atoms with E-state index in [4.69, 9.17) is 4.98 Å². The van der Waals surface area contributed by atoms with Crippen LogP contribution in [0.2, 0.25) is 0 Å². The third kappa shape index (κ3) is 3.78. The minimum absolute atomic E-state index is 0.0367. The Morgan fingerprint density at radius 1 is 1.00 bits per heavy atom. The van der Waals surface area contributed by atoms with Crippen LogP contribution < -0.4 is 5.56 Å². The summed E-state index contributed by atoms with van der Waals surface area (Å²) in [6.45, 7) is 5.87. The fourth-order valence-electron chi connectivity index (χ4n) is 5.27. The molecule has 1 aromatic heterocycles. The number of hydrogen-bond donors (Lipinski definition) is 1. The number of aromatic nitrogens is 2. The molecule has 148 valence electrons. The van der Waals surface area contributed by atoms with Crippen molar-refractivity contribution in [1.29, 1.82) is 0 Å². The molecular formula is C23H30N4O. The van der Waals surface area contributed by atoms with Gasteiger partial charge in [-0.1, -0.05) is 37.1 Å². The van der Waals surface area contributed by atoms with Gasteiger partial charge in [-0.3, -0.25) is 14.6 Å². The van der Waals surface area contributed by atoms with Gasteiger partial charge in [-0.25, -0.2) is 4.98 Å². The number of piperazine rings is 1. The molecule has 1 atom stereocenters. The topological polar surface area (TPSA) is 52.2 Å². The Labute approximate surface area is 166 Å². The Morgan fingerprint density at radius 2 is 1.82 bits per heavy atom. The van der Waals surface area contributed by atoms with Crippen molar-refractivity contribution in [3.8, 4) is 11.4 Å². The van der Waals surface area contributed by atoms with Crippen LogP contribution in [-0.2, 0) is 6.54 Å². The molecule has 0 amide bonds. The second-order valence-corrected chi connectivity index (χ2v) is 8.76. The summed E-state index contributed by atoms with van der Waals surface area (Å²) in [5.41, 5.74) is 3.27. The molecule has 28 heavy (non-hydrogen) atoms. The Hall–Kier alpha value is -1.98. The standard InChI is InChI=1S/C23H30N4O/c28-22-14-21(18-4-1-2-5-18)24-23(25-22)19-9-7-17(8-10-19)15-26-12-13-27-11-3-6-20(27)16-26/h7-10,14,18,20H,1-6,11-13,15-16H2,(H,24,25,28)/t20-/m0/s1. The summed E-state index contributed by atoms with van der Waals surface area (Å²) >= 11 is 0. The zero-order valence-electron chi connectivity index (χ0n) is 16.6. The molecule has 3 aliphatic rings. The molecule has 1 saturated carbocycles. The lowest BCUT2D eigenvalue weighted by Crippen LogP contribution is -2.49. The smallest absolute Gasteiger partial charge is 0.251 e. The first-order valence-electron chi connectivity index (χ1n) is 10.9. The predicted molar refractivity (Wildman–Crippen MR) is 111 cm³/mol. The van der Waals surface area contributed by atoms with Gasteiger partial charge in [0.1, 0.15) is 5.82 Å². The number of aromatic amines is 1. The van der Waals surface area contributed by atoms with Crippen LogP contribution >= 0.6 is 0 Å². The number of nitrogens with one attached hydrogen (secondary N) is 1. The molecule has 3 fully saturated rings. The van der Waals surface area contributed by atoms with Gasteiger partial charge in [-0.15, -0.1) is 0 Å². The van der Waals surface area contributed by atoms with E-state index in [-0.39, 0.29) is 5.56 Å². The lowest BCUT2D eigenvalue weighted by Gasteiger charge is -2.37. The van der Waals surface area contributed by atoms with Crippen LogP contribution in [0.1, 0.15) is 55.7 Å². The first kappa shape index (κ1) is 18.1. The maximum atomic E-state index is 12.2. The maximum absolute atomic E-state index is 12.2. The number of benzene rings is 1. The van der Waals surface area contributed by atoms with Crippen LogP contribution in [0.5, 0.6) is 0 Å². The predicted octanol–water partition coefficient (Wildman–Crippen LogP) is 3.37. The zero-order valence-corrected chi connectivity index (χ0v) is 16.6. The van der Waals surface area contributed by atoms with Gasteiger partial charge in [-0.05, 0) is 37.8 Å². The van der Waals surface area contributed by atoms with E-state index in [9.17, 15) is 4.79 Å². The lowest BCUT2D eigenvalue weighted by molar-refractivity contribution is 0.0994. The highest BCUT2D eigenvalue weighted by molar-refractivity contribution is 5.55. The largest absolute Gasteiger partial charge is 0.307 e. The summed E-state index contributed by atoms with van der Waals surface area (Å²) in [5, 5.41) is 0. The summed E-state index contributed by atoms with van der Waals surface area (Å²) in [6, 6.07) is 11.1. The number of fused-ring (bicyclic) bond motifs is 1. The van der Waals surface area contributed by atoms with Crippen LogP contribution in [0.3, 0.4) is 0 Å². The van der Waals surface area contributed by atoms with Crippen molar-refractivity contribution in [2.24, 2.45) is 0 Å². The fourth-order valence-corrected chi connectivity index (χ4v) is 5.27. The monoisotopic (exact) mass is 378 g/mol. The summed E-state index contributed by atoms with van der Waals surface area (Å²) in [7, 11) is 0. The Bertz CT molecular complexity index is 869. The highest BCUT2D eigenvalue weighted by atomic mass is 16.1. The second kappa shape index (κ2) is 7.80. The molecule has 0 spiro atoms. The average Bonchev–Trinajstić information content (AvgIpc) is 3.40. The SMILES string of the molecule is O=c1cc(C2CCCC2)nc(-c2ccc(CN3CCN4CCC[C@H]4C3)cc2)[nH]1. The van der Waals surface area contributed by atoms with E-state index in [1.165, 1.54) is 50.9 Å². The quantitative estimate of drug-likeness (QED) is 0.886. The number of H-pyrrole nitrogens is 1. The summed E-state index contributed by atoms with van der Waals surface area (Å²) < 4.78 is 0. The normalized spacial score (nSPS) is 23.9. The zero-order chi connectivity index (χ0) is 18.9. The van der Waals surface area contributed by atoms with E-state index >= 15 is 0 Å². The second-order valence-electron chi connectivity index (χ2n) is 8.76. The summed E-state index contributed by atoms with van der Waals surface area (Å²) in [6.07, 6.45) is 7.52. The van der Waals surface area contributed by atoms with Crippen molar-refractivity contribution < 1.29 is 0 Å². The van der Waals surface area contributed by atoms with Gasteiger partial charge >= 0.3 is 0 Å². The Balaban J connectivity index is 1.29. The highest BCUT2D eigenvalue weighted by Gasteiger charge is 2.30. The molecular weight excluding hydrogens is 348 g/mol. The van der Waals surface area contributed by atoms with Crippen LogP contribution in [0, 0.1) is 0 Å². The molecule has 1 aliphatic carbocycles. The summed E-state index contributed by atoms with van der Waals surface area (Å²) in [4.78, 5) is 25.1. The lowest BCUT2D eigenvalue weighted by atomic mass is 10.0. The molecule has 3 heterocycles. The number of hydrogen-bond acceptors (Lipinski definition) is 4. The van der Waals surface area contributed by atoms with Crippen molar-refractivity contribution >= 4 is 0 Å². The maximum Gasteiger partial charge on any atom is 0.251 e. The molecule has 5 rings (SSSR count). The van der Waals surface area contributed by atoms with Crippen LogP contribution in [0.25, 0.3) is 11.4 Å². The van der Waals surface area contributed by atoms with E-state index < -0.39 is 0 Å². The third-order valence-corrected chi connectivity index (χ3v) is 6.84. The molecule has 2 saturated heterocycles. The van der Waals surface area contributed by atoms with Crippen molar-refractivity contribution in [3.05, 3.63) is 51.9 Å². The minimum atomic E-state index is -0.0367. The number of rotatable bonds is 4. The van der Waals surface area contributed by atoms with Gasteiger partial charge in [0, 0.05) is 49.8 Å². The van der Waals surface area contributed by atoms with Gasteiger partial charge in [0.05, 0.1) is 5.69 Å². The molecule has 0 radical (unpaired) electrons. The van der Waals surface area contributed by atoms with E-state index in [1.807, 2.05) is 0 Å². The van der Waals surface area contributed by atoms with E-state index in [1.54, 1.807) is 6.07 Å². The van der Waals surface area contributed by atoms with Crippen LogP contribution in [0.15, 0.2) is 35.1 Å². The van der Waals surface area contributed by atoms with Gasteiger partial charge in [0.25, 0.3) is 5.56 Å². The Kier molecular flexibility index (Phi) is 5.03. The van der Waals surface area contributed by atoms with Crippen molar-refractivity contribution in [1.82, 2.24) is 19.8 Å². The van der Waals surface area contributed by atoms with E-state index in [0.717, 1.165) is 43.2 Å².